The molecule has 1 unspecified atom stereocenters. The topological polar surface area (TPSA) is 128 Å². The Kier molecular flexibility index (Phi) is 4.64. The Morgan fingerprint density at radius 1 is 1.21 bits per heavy atom. The highest BCUT2D eigenvalue weighted by Crippen LogP contribution is 2.28. The molecule has 0 amide bonds. The van der Waals surface area contributed by atoms with Gasteiger partial charge in [0.2, 0.25) is 5.82 Å². The highest BCUT2D eigenvalue weighted by atomic mass is 16.5. The van der Waals surface area contributed by atoms with Crippen LogP contribution in [0, 0.1) is 6.92 Å². The third kappa shape index (κ3) is 3.44. The average Bonchev–Trinajstić information content (AvgIpc) is 3.62. The molecule has 1 aliphatic heterocycles. The Balaban J connectivity index is 1.28. The first-order valence-electron chi connectivity index (χ1n) is 10.5. The minimum Gasteiger partial charge on any atom is -0.491 e. The molecule has 0 bridgehead atoms. The molecule has 0 aliphatic carbocycles. The van der Waals surface area contributed by atoms with Gasteiger partial charge in [0.15, 0.2) is 17.1 Å². The molecule has 12 heteroatoms. The summed E-state index contributed by atoms with van der Waals surface area (Å²) in [5.41, 5.74) is 3.55. The van der Waals surface area contributed by atoms with Gasteiger partial charge in [-0.1, -0.05) is 5.16 Å². The molecule has 0 aromatic carbocycles. The number of hydrogen-bond acceptors (Lipinski definition) is 10. The fourth-order valence-electron chi connectivity index (χ4n) is 3.88. The normalized spacial score (nSPS) is 16.1. The number of rotatable bonds is 6. The Morgan fingerprint density at radius 2 is 2.15 bits per heavy atom. The Bertz CT molecular complexity index is 1450. The Hall–Kier alpha value is -4.06. The number of pyridine rings is 1. The molecule has 1 atom stereocenters. The second-order valence-electron chi connectivity index (χ2n) is 7.74. The van der Waals surface area contributed by atoms with Gasteiger partial charge in [0.25, 0.3) is 5.88 Å². The van der Waals surface area contributed by atoms with Crippen LogP contribution in [-0.2, 0) is 11.3 Å². The number of hydrogen-bond donors (Lipinski definition) is 0. The third-order valence-corrected chi connectivity index (χ3v) is 5.52. The summed E-state index contributed by atoms with van der Waals surface area (Å²) >= 11 is 0. The number of aryl methyl sites for hydroxylation is 1. The molecule has 12 nitrogen and oxygen atoms in total. The van der Waals surface area contributed by atoms with Gasteiger partial charge in [-0.05, 0) is 25.5 Å². The van der Waals surface area contributed by atoms with Crippen LogP contribution in [0.1, 0.15) is 23.9 Å². The van der Waals surface area contributed by atoms with Gasteiger partial charge in [-0.15, -0.1) is 15.3 Å². The molecular weight excluding hydrogens is 428 g/mol. The van der Waals surface area contributed by atoms with Crippen molar-refractivity contribution in [3.05, 3.63) is 41.9 Å². The molecule has 1 aliphatic rings. The maximum atomic E-state index is 5.98. The molecule has 1 fully saturated rings. The Labute approximate surface area is 187 Å². The van der Waals surface area contributed by atoms with Crippen LogP contribution >= 0.6 is 0 Å². The van der Waals surface area contributed by atoms with Crippen molar-refractivity contribution < 1.29 is 18.7 Å². The van der Waals surface area contributed by atoms with Gasteiger partial charge in [-0.2, -0.15) is 9.61 Å². The molecule has 0 spiro atoms. The minimum atomic E-state index is 0.197. The molecule has 6 heterocycles. The Morgan fingerprint density at radius 3 is 2.94 bits per heavy atom. The molecule has 5 aromatic heterocycles. The van der Waals surface area contributed by atoms with Crippen LogP contribution in [0.25, 0.3) is 28.2 Å². The number of fused-ring (bicyclic) bond motifs is 2. The van der Waals surface area contributed by atoms with Gasteiger partial charge in [0.05, 0.1) is 37.2 Å². The van der Waals surface area contributed by atoms with Crippen LogP contribution in [0.15, 0.2) is 35.0 Å². The van der Waals surface area contributed by atoms with Gasteiger partial charge >= 0.3 is 0 Å². The first-order valence-corrected chi connectivity index (χ1v) is 10.5. The molecular formula is C21H20N8O4. The molecule has 1 saturated heterocycles. The van der Waals surface area contributed by atoms with Crippen LogP contribution in [0.5, 0.6) is 11.6 Å². The van der Waals surface area contributed by atoms with Crippen molar-refractivity contribution in [2.45, 2.75) is 26.0 Å². The third-order valence-electron chi connectivity index (χ3n) is 5.52. The predicted octanol–water partition coefficient (Wildman–Crippen LogP) is 2.38. The van der Waals surface area contributed by atoms with Crippen molar-refractivity contribution in [1.29, 1.82) is 0 Å². The first-order chi connectivity index (χ1) is 16.2. The molecule has 0 N–H and O–H groups in total. The zero-order valence-corrected chi connectivity index (χ0v) is 18.0. The van der Waals surface area contributed by atoms with Gasteiger partial charge in [0, 0.05) is 18.7 Å². The summed E-state index contributed by atoms with van der Waals surface area (Å²) in [6.45, 7) is 3.44. The summed E-state index contributed by atoms with van der Waals surface area (Å²) in [5.74, 6) is 1.83. The number of nitrogens with zero attached hydrogens (tertiary/aromatic N) is 8. The minimum absolute atomic E-state index is 0.197. The fraction of sp³-hybridized carbons (Fsp3) is 0.333. The summed E-state index contributed by atoms with van der Waals surface area (Å²) in [6.07, 6.45) is 2.72. The zero-order chi connectivity index (χ0) is 22.4. The van der Waals surface area contributed by atoms with Crippen molar-refractivity contribution in [3.63, 3.8) is 0 Å². The van der Waals surface area contributed by atoms with Crippen LogP contribution in [0.4, 0.5) is 0 Å². The van der Waals surface area contributed by atoms with E-state index in [1.54, 1.807) is 36.9 Å². The summed E-state index contributed by atoms with van der Waals surface area (Å²) in [7, 11) is 1.55. The van der Waals surface area contributed by atoms with Crippen LogP contribution in [0.3, 0.4) is 0 Å². The lowest BCUT2D eigenvalue weighted by Crippen LogP contribution is -2.10. The average molecular weight is 448 g/mol. The van der Waals surface area contributed by atoms with Crippen molar-refractivity contribution >= 4 is 16.7 Å². The van der Waals surface area contributed by atoms with Crippen LogP contribution < -0.4 is 9.47 Å². The summed E-state index contributed by atoms with van der Waals surface area (Å²) < 4.78 is 25.6. The van der Waals surface area contributed by atoms with Gasteiger partial charge in [-0.3, -0.25) is 4.68 Å². The second-order valence-corrected chi connectivity index (χ2v) is 7.74. The summed E-state index contributed by atoms with van der Waals surface area (Å²) in [6, 6.07) is 7.64. The van der Waals surface area contributed by atoms with Crippen LogP contribution in [-0.4, -0.2) is 60.1 Å². The smallest absolute Gasteiger partial charge is 0.275 e. The largest absolute Gasteiger partial charge is 0.491 e. The van der Waals surface area contributed by atoms with E-state index in [1.807, 2.05) is 16.8 Å². The van der Waals surface area contributed by atoms with Gasteiger partial charge < -0.3 is 18.7 Å². The molecule has 5 aromatic rings. The van der Waals surface area contributed by atoms with Crippen molar-refractivity contribution in [2.24, 2.45) is 0 Å². The van der Waals surface area contributed by atoms with Crippen molar-refractivity contribution in [2.75, 3.05) is 20.3 Å². The lowest BCUT2D eigenvalue weighted by molar-refractivity contribution is 0.185. The van der Waals surface area contributed by atoms with E-state index in [1.165, 1.54) is 0 Å². The highest BCUT2D eigenvalue weighted by Gasteiger charge is 2.21. The predicted molar refractivity (Wildman–Crippen MR) is 114 cm³/mol. The SMILES string of the molecule is COc1cc2nnc(-c3cc(C)on3)n2nc1OCc1ccc2c(cnn2C2CCOC2)n1. The second kappa shape index (κ2) is 7.81. The molecule has 0 radical (unpaired) electrons. The van der Waals surface area contributed by atoms with E-state index in [9.17, 15) is 0 Å². The van der Waals surface area contributed by atoms with Crippen molar-refractivity contribution in [3.8, 4) is 23.1 Å². The van der Waals surface area contributed by atoms with E-state index < -0.39 is 0 Å². The van der Waals surface area contributed by atoms with Crippen LogP contribution in [0.2, 0.25) is 0 Å². The summed E-state index contributed by atoms with van der Waals surface area (Å²) in [4.78, 5) is 4.69. The number of methoxy groups -OCH3 is 1. The van der Waals surface area contributed by atoms with Crippen molar-refractivity contribution in [1.82, 2.24) is 39.7 Å². The van der Waals surface area contributed by atoms with Gasteiger partial charge in [-0.25, -0.2) is 4.98 Å². The van der Waals surface area contributed by atoms with E-state index in [0.717, 1.165) is 29.8 Å². The van der Waals surface area contributed by atoms with E-state index in [0.29, 0.717) is 35.3 Å². The molecule has 168 valence electrons. The molecule has 0 saturated carbocycles. The van der Waals surface area contributed by atoms with E-state index >= 15 is 0 Å². The lowest BCUT2D eigenvalue weighted by Gasteiger charge is -2.11. The van der Waals surface area contributed by atoms with Gasteiger partial charge in [0.1, 0.15) is 17.9 Å². The maximum Gasteiger partial charge on any atom is 0.275 e. The zero-order valence-electron chi connectivity index (χ0n) is 18.0. The van der Waals surface area contributed by atoms with E-state index in [4.69, 9.17) is 18.7 Å². The van der Waals surface area contributed by atoms with E-state index in [-0.39, 0.29) is 18.5 Å². The number of ether oxygens (including phenoxy) is 3. The lowest BCUT2D eigenvalue weighted by atomic mass is 10.2. The first kappa shape index (κ1) is 19.6. The van der Waals surface area contributed by atoms with E-state index in [2.05, 4.69) is 30.5 Å². The fourth-order valence-corrected chi connectivity index (χ4v) is 3.88. The maximum absolute atomic E-state index is 5.98. The standard InChI is InChI=1S/C21H20N8O4/c1-12-7-15(27-33-12)20-25-24-19-8-18(30-2)21(26-29(19)20)32-10-13-3-4-17-16(23-13)9-22-28(17)14-5-6-31-11-14/h3-4,7-9,14H,5-6,10-11H2,1-2H3. The number of aromatic nitrogens is 8. The quantitative estimate of drug-likeness (QED) is 0.382. The molecule has 6 rings (SSSR count). The summed E-state index contributed by atoms with van der Waals surface area (Å²) in [5, 5.41) is 21.3. The monoisotopic (exact) mass is 448 g/mol. The highest BCUT2D eigenvalue weighted by molar-refractivity contribution is 5.74. The molecule has 33 heavy (non-hydrogen) atoms.